The molecule has 1 rings (SSSR count). The van der Waals surface area contributed by atoms with E-state index < -0.39 is 0 Å². The van der Waals surface area contributed by atoms with Gasteiger partial charge in [-0.3, -0.25) is 0 Å². The predicted molar refractivity (Wildman–Crippen MR) is 49.7 cm³/mol. The second-order valence-electron chi connectivity index (χ2n) is 1.94. The van der Waals surface area contributed by atoms with E-state index in [-0.39, 0.29) is 0 Å². The Bertz CT molecular complexity index is 277. The van der Waals surface area contributed by atoms with Crippen LogP contribution in [0, 0.1) is 0 Å². The van der Waals surface area contributed by atoms with Gasteiger partial charge < -0.3 is 0 Å². The van der Waals surface area contributed by atoms with Crippen molar-refractivity contribution in [1.29, 1.82) is 0 Å². The zero-order valence-electron chi connectivity index (χ0n) is 5.70. The van der Waals surface area contributed by atoms with E-state index in [1.54, 1.807) is 11.3 Å². The maximum absolute atomic E-state index is 8.00. The number of nitrogens with zero attached hydrogens (tertiary/aromatic N) is 3. The number of thiophene rings is 1. The summed E-state index contributed by atoms with van der Waals surface area (Å²) in [6, 6.07) is 2.04. The minimum Gasteiger partial charge on any atom is -0.148 e. The number of halogens is 1. The Morgan fingerprint density at radius 1 is 1.73 bits per heavy atom. The molecule has 58 valence electrons. The van der Waals surface area contributed by atoms with Gasteiger partial charge in [0, 0.05) is 26.2 Å². The molecule has 1 aromatic heterocycles. The van der Waals surface area contributed by atoms with Crippen LogP contribution in [-0.2, 0) is 6.42 Å². The molecule has 0 saturated heterocycles. The van der Waals surface area contributed by atoms with Crippen LogP contribution in [0.2, 0.25) is 0 Å². The van der Waals surface area contributed by atoms with Crippen molar-refractivity contribution >= 4 is 27.3 Å². The van der Waals surface area contributed by atoms with Crippen molar-refractivity contribution in [3.63, 3.8) is 0 Å². The van der Waals surface area contributed by atoms with E-state index in [0.717, 1.165) is 10.9 Å². The van der Waals surface area contributed by atoms with Gasteiger partial charge in [-0.05, 0) is 33.9 Å². The Labute approximate surface area is 76.8 Å². The molecular weight excluding hydrogens is 226 g/mol. The summed E-state index contributed by atoms with van der Waals surface area (Å²) in [5.74, 6) is 0. The Hall–Kier alpha value is -0.510. The Morgan fingerprint density at radius 2 is 2.55 bits per heavy atom. The Morgan fingerprint density at radius 3 is 3.09 bits per heavy atom. The van der Waals surface area contributed by atoms with E-state index >= 15 is 0 Å². The molecule has 0 aliphatic carbocycles. The zero-order chi connectivity index (χ0) is 8.10. The third kappa shape index (κ3) is 2.93. The third-order valence-corrected chi connectivity index (χ3v) is 2.90. The lowest BCUT2D eigenvalue weighted by Crippen LogP contribution is -1.82. The van der Waals surface area contributed by atoms with Crippen molar-refractivity contribution in [2.45, 2.75) is 6.42 Å². The van der Waals surface area contributed by atoms with E-state index in [1.807, 2.05) is 11.4 Å². The topological polar surface area (TPSA) is 48.8 Å². The molecule has 0 amide bonds. The van der Waals surface area contributed by atoms with Crippen molar-refractivity contribution in [3.05, 3.63) is 31.2 Å². The molecule has 0 spiro atoms. The number of rotatable bonds is 3. The maximum atomic E-state index is 8.00. The van der Waals surface area contributed by atoms with Gasteiger partial charge in [0.05, 0.1) is 0 Å². The summed E-state index contributed by atoms with van der Waals surface area (Å²) in [6.07, 6.45) is 0.834. The van der Waals surface area contributed by atoms with Gasteiger partial charge in [0.2, 0.25) is 0 Å². The molecule has 0 aliphatic rings. The first-order valence-electron chi connectivity index (χ1n) is 3.06. The van der Waals surface area contributed by atoms with Crippen LogP contribution in [0.1, 0.15) is 4.88 Å². The Balaban J connectivity index is 2.44. The van der Waals surface area contributed by atoms with Crippen LogP contribution in [0.25, 0.3) is 10.4 Å². The van der Waals surface area contributed by atoms with E-state index in [1.165, 1.54) is 4.88 Å². The summed E-state index contributed by atoms with van der Waals surface area (Å²) >= 11 is 5.02. The lowest BCUT2D eigenvalue weighted by Gasteiger charge is -1.86. The second kappa shape index (κ2) is 4.38. The van der Waals surface area contributed by atoms with Gasteiger partial charge in [-0.2, -0.15) is 0 Å². The molecule has 0 radical (unpaired) electrons. The van der Waals surface area contributed by atoms with Crippen LogP contribution in [0.15, 0.2) is 21.0 Å². The molecular formula is C6H6BrN3S. The molecule has 1 heterocycles. The third-order valence-electron chi connectivity index (χ3n) is 1.14. The fourth-order valence-electron chi connectivity index (χ4n) is 0.690. The average molecular weight is 232 g/mol. The van der Waals surface area contributed by atoms with E-state index in [4.69, 9.17) is 5.53 Å². The molecule has 0 N–H and O–H groups in total. The van der Waals surface area contributed by atoms with Crippen LogP contribution in [0.4, 0.5) is 0 Å². The highest BCUT2D eigenvalue weighted by Gasteiger charge is 1.94. The molecule has 5 heteroatoms. The van der Waals surface area contributed by atoms with E-state index in [0.29, 0.717) is 6.54 Å². The smallest absolute Gasteiger partial charge is 0.0306 e. The summed E-state index contributed by atoms with van der Waals surface area (Å²) in [7, 11) is 0. The molecule has 0 bridgehead atoms. The monoisotopic (exact) mass is 231 g/mol. The predicted octanol–water partition coefficient (Wildman–Crippen LogP) is 3.36. The summed E-state index contributed by atoms with van der Waals surface area (Å²) in [5, 5.41) is 5.47. The highest BCUT2D eigenvalue weighted by molar-refractivity contribution is 9.10. The Kier molecular flexibility index (Phi) is 3.42. The first-order valence-corrected chi connectivity index (χ1v) is 4.74. The van der Waals surface area contributed by atoms with E-state index in [2.05, 4.69) is 26.0 Å². The van der Waals surface area contributed by atoms with Crippen molar-refractivity contribution in [3.8, 4) is 0 Å². The molecule has 3 nitrogen and oxygen atoms in total. The number of azide groups is 1. The van der Waals surface area contributed by atoms with Gasteiger partial charge in [0.1, 0.15) is 0 Å². The fourth-order valence-corrected chi connectivity index (χ4v) is 2.13. The minimum absolute atomic E-state index is 0.545. The van der Waals surface area contributed by atoms with Crippen LogP contribution in [0.3, 0.4) is 0 Å². The van der Waals surface area contributed by atoms with Gasteiger partial charge in [-0.15, -0.1) is 11.3 Å². The standard InChI is InChI=1S/C6H6BrN3S/c7-5-3-6(11-4-5)1-2-9-10-8/h3-4H,1-2H2. The van der Waals surface area contributed by atoms with Gasteiger partial charge in [-0.1, -0.05) is 5.11 Å². The molecule has 0 atom stereocenters. The molecule has 0 saturated carbocycles. The van der Waals surface area contributed by atoms with Gasteiger partial charge in [0.15, 0.2) is 0 Å². The molecule has 0 fully saturated rings. The normalized spacial score (nSPS) is 9.18. The maximum Gasteiger partial charge on any atom is 0.0306 e. The lowest BCUT2D eigenvalue weighted by atomic mass is 10.3. The molecule has 0 aliphatic heterocycles. The summed E-state index contributed by atoms with van der Waals surface area (Å²) in [5.41, 5.74) is 8.00. The number of hydrogen-bond donors (Lipinski definition) is 0. The molecule has 11 heavy (non-hydrogen) atoms. The summed E-state index contributed by atoms with van der Waals surface area (Å²) in [6.45, 7) is 0.545. The molecule has 0 unspecified atom stereocenters. The number of hydrogen-bond acceptors (Lipinski definition) is 2. The van der Waals surface area contributed by atoms with Gasteiger partial charge in [-0.25, -0.2) is 0 Å². The lowest BCUT2D eigenvalue weighted by molar-refractivity contribution is 0.974. The van der Waals surface area contributed by atoms with Crippen molar-refractivity contribution in [2.75, 3.05) is 6.54 Å². The summed E-state index contributed by atoms with van der Waals surface area (Å²) in [4.78, 5) is 3.92. The minimum atomic E-state index is 0.545. The largest absolute Gasteiger partial charge is 0.148 e. The zero-order valence-corrected chi connectivity index (χ0v) is 8.10. The van der Waals surface area contributed by atoms with Gasteiger partial charge in [0.25, 0.3) is 0 Å². The van der Waals surface area contributed by atoms with E-state index in [9.17, 15) is 0 Å². The van der Waals surface area contributed by atoms with Crippen molar-refractivity contribution in [2.24, 2.45) is 5.11 Å². The van der Waals surface area contributed by atoms with Gasteiger partial charge >= 0.3 is 0 Å². The molecule has 0 aromatic carbocycles. The van der Waals surface area contributed by atoms with Crippen molar-refractivity contribution < 1.29 is 0 Å². The summed E-state index contributed by atoms with van der Waals surface area (Å²) < 4.78 is 1.10. The second-order valence-corrected chi connectivity index (χ2v) is 3.85. The highest BCUT2D eigenvalue weighted by atomic mass is 79.9. The van der Waals surface area contributed by atoms with Crippen molar-refractivity contribution in [1.82, 2.24) is 0 Å². The quantitative estimate of drug-likeness (QED) is 0.436. The van der Waals surface area contributed by atoms with Crippen LogP contribution >= 0.6 is 27.3 Å². The fraction of sp³-hybridized carbons (Fsp3) is 0.333. The highest BCUT2D eigenvalue weighted by Crippen LogP contribution is 2.19. The average Bonchev–Trinajstić information content (AvgIpc) is 2.37. The molecule has 1 aromatic rings. The van der Waals surface area contributed by atoms with Crippen LogP contribution in [-0.4, -0.2) is 6.54 Å². The van der Waals surface area contributed by atoms with Crippen LogP contribution < -0.4 is 0 Å². The first-order chi connectivity index (χ1) is 5.33. The SMILES string of the molecule is [N-]=[N+]=NCCc1cc(Br)cs1. The first kappa shape index (κ1) is 8.59. The van der Waals surface area contributed by atoms with Crippen LogP contribution in [0.5, 0.6) is 0 Å².